The van der Waals surface area contributed by atoms with Crippen molar-refractivity contribution >= 4 is 15.9 Å². The van der Waals surface area contributed by atoms with Gasteiger partial charge < -0.3 is 10.2 Å². The third-order valence-electron chi connectivity index (χ3n) is 3.87. The third-order valence-corrected chi connectivity index (χ3v) is 4.30. The van der Waals surface area contributed by atoms with Crippen LogP contribution in [0.5, 0.6) is 0 Å². The zero-order valence-electron chi connectivity index (χ0n) is 10.5. The van der Waals surface area contributed by atoms with Gasteiger partial charge in [-0.3, -0.25) is 4.90 Å². The highest BCUT2D eigenvalue weighted by molar-refractivity contribution is 9.10. The predicted octanol–water partition coefficient (Wildman–Crippen LogP) is 3.16. The molecule has 2 N–H and O–H groups in total. The lowest BCUT2D eigenvalue weighted by molar-refractivity contribution is 0.120. The molecular weight excluding hydrogens is 280 g/mol. The lowest BCUT2D eigenvalue weighted by Gasteiger charge is -2.36. The quantitative estimate of drug-likeness (QED) is 0.932. The second-order valence-electron chi connectivity index (χ2n) is 5.05. The van der Waals surface area contributed by atoms with Crippen molar-refractivity contribution in [2.45, 2.75) is 38.8 Å². The summed E-state index contributed by atoms with van der Waals surface area (Å²) in [5.41, 5.74) is 5.96. The van der Waals surface area contributed by atoms with Crippen molar-refractivity contribution in [1.82, 2.24) is 4.90 Å². The fourth-order valence-electron chi connectivity index (χ4n) is 2.57. The van der Waals surface area contributed by atoms with Gasteiger partial charge in [0.1, 0.15) is 5.76 Å². The molecule has 0 aliphatic carbocycles. The first kappa shape index (κ1) is 13.1. The predicted molar refractivity (Wildman–Crippen MR) is 72.8 cm³/mol. The second kappa shape index (κ2) is 5.55. The van der Waals surface area contributed by atoms with Gasteiger partial charge >= 0.3 is 0 Å². The molecule has 1 aromatic rings. The van der Waals surface area contributed by atoms with Gasteiger partial charge in [-0.1, -0.05) is 0 Å². The lowest BCUT2D eigenvalue weighted by Crippen LogP contribution is -2.40. The Bertz CT molecular complexity index is 356. The Morgan fingerprint density at radius 3 is 2.47 bits per heavy atom. The molecule has 1 aromatic heterocycles. The summed E-state index contributed by atoms with van der Waals surface area (Å²) >= 11 is 3.35. The van der Waals surface area contributed by atoms with Crippen LogP contribution in [0.3, 0.4) is 0 Å². The number of hydrogen-bond acceptors (Lipinski definition) is 3. The minimum Gasteiger partial charge on any atom is -0.453 e. The van der Waals surface area contributed by atoms with Crippen LogP contribution >= 0.6 is 15.9 Å². The molecule has 0 radical (unpaired) electrons. The Labute approximate surface area is 111 Å². The summed E-state index contributed by atoms with van der Waals surface area (Å²) in [5.74, 6) is 1.72. The topological polar surface area (TPSA) is 42.4 Å². The molecule has 2 atom stereocenters. The second-order valence-corrected chi connectivity index (χ2v) is 5.83. The van der Waals surface area contributed by atoms with E-state index in [1.807, 2.05) is 12.1 Å². The van der Waals surface area contributed by atoms with Crippen LogP contribution in [0.25, 0.3) is 0 Å². The number of hydrogen-bond donors (Lipinski definition) is 1. The van der Waals surface area contributed by atoms with Crippen molar-refractivity contribution in [2.75, 3.05) is 13.1 Å². The van der Waals surface area contributed by atoms with Crippen molar-refractivity contribution < 1.29 is 4.42 Å². The molecule has 2 rings (SSSR count). The maximum atomic E-state index is 5.96. The number of rotatable bonds is 3. The molecule has 17 heavy (non-hydrogen) atoms. The molecule has 0 amide bonds. The molecule has 1 saturated heterocycles. The standard InChI is InChI=1S/C13H21BrN2O/c1-9(15)11-5-7-16(8-6-11)10(2)12-3-4-13(14)17-12/h3-4,9-11H,5-8,15H2,1-2H3. The van der Waals surface area contributed by atoms with E-state index >= 15 is 0 Å². The molecule has 2 unspecified atom stereocenters. The van der Waals surface area contributed by atoms with Crippen LogP contribution in [-0.4, -0.2) is 24.0 Å². The molecule has 3 nitrogen and oxygen atoms in total. The Morgan fingerprint density at radius 2 is 2.00 bits per heavy atom. The normalized spacial score (nSPS) is 22.6. The first-order valence-corrected chi connectivity index (χ1v) is 7.12. The lowest BCUT2D eigenvalue weighted by atomic mass is 9.90. The summed E-state index contributed by atoms with van der Waals surface area (Å²) in [4.78, 5) is 2.48. The van der Waals surface area contributed by atoms with Crippen LogP contribution in [0.1, 0.15) is 38.5 Å². The fourth-order valence-corrected chi connectivity index (χ4v) is 2.88. The van der Waals surface area contributed by atoms with E-state index < -0.39 is 0 Å². The molecule has 2 heterocycles. The molecular formula is C13H21BrN2O. The zero-order valence-corrected chi connectivity index (χ0v) is 12.1. The summed E-state index contributed by atoms with van der Waals surface area (Å²) in [7, 11) is 0. The molecule has 0 saturated carbocycles. The van der Waals surface area contributed by atoms with Crippen molar-refractivity contribution in [3.8, 4) is 0 Å². The van der Waals surface area contributed by atoms with Gasteiger partial charge in [0.05, 0.1) is 6.04 Å². The molecule has 1 aliphatic rings. The van der Waals surface area contributed by atoms with Gasteiger partial charge in [0.2, 0.25) is 0 Å². The highest BCUT2D eigenvalue weighted by Gasteiger charge is 2.26. The minimum atomic E-state index is 0.324. The van der Waals surface area contributed by atoms with E-state index in [0.717, 1.165) is 23.5 Å². The Kier molecular flexibility index (Phi) is 4.28. The smallest absolute Gasteiger partial charge is 0.169 e. The van der Waals surface area contributed by atoms with Gasteiger partial charge in [-0.2, -0.15) is 0 Å². The van der Waals surface area contributed by atoms with Gasteiger partial charge in [-0.15, -0.1) is 0 Å². The molecule has 4 heteroatoms. The van der Waals surface area contributed by atoms with Gasteiger partial charge in [0, 0.05) is 6.04 Å². The summed E-state index contributed by atoms with van der Waals surface area (Å²) < 4.78 is 6.43. The van der Waals surface area contributed by atoms with Crippen LogP contribution < -0.4 is 5.73 Å². The van der Waals surface area contributed by atoms with E-state index in [-0.39, 0.29) is 0 Å². The van der Waals surface area contributed by atoms with E-state index in [4.69, 9.17) is 10.2 Å². The SMILES string of the molecule is CC(N)C1CCN(C(C)c2ccc(Br)o2)CC1. The Balaban J connectivity index is 1.92. The van der Waals surface area contributed by atoms with Crippen molar-refractivity contribution in [3.05, 3.63) is 22.6 Å². The van der Waals surface area contributed by atoms with E-state index in [0.29, 0.717) is 18.0 Å². The Hall–Kier alpha value is -0.320. The van der Waals surface area contributed by atoms with Gasteiger partial charge in [-0.05, 0) is 73.8 Å². The first-order chi connectivity index (χ1) is 8.08. The minimum absolute atomic E-state index is 0.324. The highest BCUT2D eigenvalue weighted by atomic mass is 79.9. The summed E-state index contributed by atoms with van der Waals surface area (Å²) in [6.45, 7) is 6.56. The average molecular weight is 301 g/mol. The van der Waals surface area contributed by atoms with Crippen LogP contribution in [0.2, 0.25) is 0 Å². The summed E-state index contributed by atoms with van der Waals surface area (Å²) in [6.07, 6.45) is 2.40. The number of nitrogens with two attached hydrogens (primary N) is 1. The molecule has 1 fully saturated rings. The highest BCUT2D eigenvalue weighted by Crippen LogP contribution is 2.29. The number of piperidine rings is 1. The summed E-state index contributed by atoms with van der Waals surface area (Å²) in [5, 5.41) is 0. The monoisotopic (exact) mass is 300 g/mol. The number of nitrogens with zero attached hydrogens (tertiary/aromatic N) is 1. The fraction of sp³-hybridized carbons (Fsp3) is 0.692. The third kappa shape index (κ3) is 3.12. The van der Waals surface area contributed by atoms with Crippen LogP contribution in [-0.2, 0) is 0 Å². The largest absolute Gasteiger partial charge is 0.453 e. The molecule has 0 aromatic carbocycles. The van der Waals surface area contributed by atoms with Crippen LogP contribution in [0, 0.1) is 5.92 Å². The van der Waals surface area contributed by atoms with Crippen LogP contribution in [0.15, 0.2) is 21.2 Å². The molecule has 0 bridgehead atoms. The first-order valence-electron chi connectivity index (χ1n) is 6.33. The van der Waals surface area contributed by atoms with E-state index in [2.05, 4.69) is 34.7 Å². The Morgan fingerprint density at radius 1 is 1.35 bits per heavy atom. The van der Waals surface area contributed by atoms with E-state index in [1.54, 1.807) is 0 Å². The molecule has 96 valence electrons. The number of furan rings is 1. The maximum absolute atomic E-state index is 5.96. The maximum Gasteiger partial charge on any atom is 0.169 e. The van der Waals surface area contributed by atoms with Crippen molar-refractivity contribution in [2.24, 2.45) is 11.7 Å². The van der Waals surface area contributed by atoms with Gasteiger partial charge in [0.25, 0.3) is 0 Å². The van der Waals surface area contributed by atoms with Crippen molar-refractivity contribution in [3.63, 3.8) is 0 Å². The number of halogens is 1. The molecule has 1 aliphatic heterocycles. The molecule has 0 spiro atoms. The van der Waals surface area contributed by atoms with E-state index in [1.165, 1.54) is 12.8 Å². The van der Waals surface area contributed by atoms with Gasteiger partial charge in [0.15, 0.2) is 4.67 Å². The number of likely N-dealkylation sites (tertiary alicyclic amines) is 1. The van der Waals surface area contributed by atoms with E-state index in [9.17, 15) is 0 Å². The van der Waals surface area contributed by atoms with Gasteiger partial charge in [-0.25, -0.2) is 0 Å². The van der Waals surface area contributed by atoms with Crippen LogP contribution in [0.4, 0.5) is 0 Å². The zero-order chi connectivity index (χ0) is 12.4. The van der Waals surface area contributed by atoms with Crippen molar-refractivity contribution in [1.29, 1.82) is 0 Å². The average Bonchev–Trinajstić information content (AvgIpc) is 2.75. The summed E-state index contributed by atoms with van der Waals surface area (Å²) in [6, 6.07) is 4.69.